The maximum Gasteiger partial charge on any atom is 0.305 e. The summed E-state index contributed by atoms with van der Waals surface area (Å²) < 4.78 is 0. The first-order chi connectivity index (χ1) is 8.40. The zero-order chi connectivity index (χ0) is 13.7. The Hall–Kier alpha value is -2.04. The van der Waals surface area contributed by atoms with Crippen LogP contribution in [-0.2, 0) is 4.79 Å². The maximum atomic E-state index is 11.9. The second kappa shape index (κ2) is 6.05. The van der Waals surface area contributed by atoms with E-state index >= 15 is 0 Å². The molecule has 1 aromatic rings. The van der Waals surface area contributed by atoms with E-state index in [-0.39, 0.29) is 18.2 Å². The minimum absolute atomic E-state index is 0.0473. The van der Waals surface area contributed by atoms with Gasteiger partial charge >= 0.3 is 5.97 Å². The number of hydrogen-bond donors (Lipinski definition) is 3. The Kier molecular flexibility index (Phi) is 4.71. The largest absolute Gasteiger partial charge is 0.481 e. The predicted octanol–water partition coefficient (Wildman–Crippen LogP) is 1.50. The van der Waals surface area contributed by atoms with Crippen molar-refractivity contribution in [1.82, 2.24) is 5.32 Å². The lowest BCUT2D eigenvalue weighted by molar-refractivity contribution is -0.137. The molecule has 1 rings (SSSR count). The first kappa shape index (κ1) is 14.0. The number of aliphatic carboxylic acids is 1. The quantitative estimate of drug-likeness (QED) is 0.690. The summed E-state index contributed by atoms with van der Waals surface area (Å²) >= 11 is 0. The van der Waals surface area contributed by atoms with Crippen LogP contribution in [0.2, 0.25) is 0 Å². The molecular weight excluding hydrogens is 232 g/mol. The Morgan fingerprint density at radius 1 is 1.39 bits per heavy atom. The molecule has 0 aromatic heterocycles. The molecule has 0 bridgehead atoms. The fourth-order valence-corrected chi connectivity index (χ4v) is 1.57. The number of carboxylic acid groups (broad SMARTS) is 1. The van der Waals surface area contributed by atoms with E-state index in [4.69, 9.17) is 10.8 Å². The third kappa shape index (κ3) is 4.08. The average molecular weight is 250 g/mol. The zero-order valence-electron chi connectivity index (χ0n) is 10.5. The highest BCUT2D eigenvalue weighted by Crippen LogP contribution is 2.10. The molecule has 1 atom stereocenters. The minimum Gasteiger partial charge on any atom is -0.481 e. The van der Waals surface area contributed by atoms with Crippen molar-refractivity contribution in [3.05, 3.63) is 29.8 Å². The summed E-state index contributed by atoms with van der Waals surface area (Å²) in [5, 5.41) is 11.5. The van der Waals surface area contributed by atoms with Crippen molar-refractivity contribution < 1.29 is 14.7 Å². The Balaban J connectivity index is 2.75. The Morgan fingerprint density at radius 3 is 2.56 bits per heavy atom. The molecule has 4 N–H and O–H groups in total. The van der Waals surface area contributed by atoms with E-state index in [2.05, 4.69) is 5.32 Å². The van der Waals surface area contributed by atoms with Gasteiger partial charge in [-0.1, -0.05) is 19.9 Å². The van der Waals surface area contributed by atoms with E-state index in [1.807, 2.05) is 13.8 Å². The first-order valence-corrected chi connectivity index (χ1v) is 5.78. The van der Waals surface area contributed by atoms with Gasteiger partial charge in [0.1, 0.15) is 0 Å². The van der Waals surface area contributed by atoms with Crippen molar-refractivity contribution in [2.45, 2.75) is 26.3 Å². The second-order valence-corrected chi connectivity index (χ2v) is 4.55. The topological polar surface area (TPSA) is 92.4 Å². The van der Waals surface area contributed by atoms with Crippen molar-refractivity contribution in [1.29, 1.82) is 0 Å². The number of rotatable bonds is 5. The molecule has 1 aromatic carbocycles. The lowest BCUT2D eigenvalue weighted by atomic mass is 10.0. The molecule has 0 aliphatic heterocycles. The molecule has 5 heteroatoms. The summed E-state index contributed by atoms with van der Waals surface area (Å²) in [6, 6.07) is 6.19. The molecule has 0 saturated carbocycles. The smallest absolute Gasteiger partial charge is 0.305 e. The molecule has 1 unspecified atom stereocenters. The number of anilines is 1. The standard InChI is InChI=1S/C13H18N2O3/c1-8(2)11(7-12(16)17)15-13(18)9-4-3-5-10(14)6-9/h3-6,8,11H,7,14H2,1-2H3,(H,15,18)(H,16,17). The van der Waals surface area contributed by atoms with Gasteiger partial charge in [-0.2, -0.15) is 0 Å². The van der Waals surface area contributed by atoms with Gasteiger partial charge in [-0.05, 0) is 24.1 Å². The number of nitrogen functional groups attached to an aromatic ring is 1. The van der Waals surface area contributed by atoms with Crippen LogP contribution in [-0.4, -0.2) is 23.0 Å². The normalized spacial score (nSPS) is 12.2. The molecule has 1 amide bonds. The molecule has 18 heavy (non-hydrogen) atoms. The Morgan fingerprint density at radius 2 is 2.06 bits per heavy atom. The molecule has 0 fully saturated rings. The highest BCUT2D eigenvalue weighted by Gasteiger charge is 2.20. The van der Waals surface area contributed by atoms with Crippen LogP contribution in [0.15, 0.2) is 24.3 Å². The predicted molar refractivity (Wildman–Crippen MR) is 69.2 cm³/mol. The molecule has 0 aliphatic carbocycles. The fourth-order valence-electron chi connectivity index (χ4n) is 1.57. The van der Waals surface area contributed by atoms with Gasteiger partial charge in [-0.3, -0.25) is 9.59 Å². The summed E-state index contributed by atoms with van der Waals surface area (Å²) in [4.78, 5) is 22.6. The van der Waals surface area contributed by atoms with Gasteiger partial charge in [-0.25, -0.2) is 0 Å². The van der Waals surface area contributed by atoms with Gasteiger partial charge in [0.05, 0.1) is 6.42 Å². The monoisotopic (exact) mass is 250 g/mol. The van der Waals surface area contributed by atoms with Crippen LogP contribution in [0.4, 0.5) is 5.69 Å². The van der Waals surface area contributed by atoms with Crippen LogP contribution in [0.1, 0.15) is 30.6 Å². The maximum absolute atomic E-state index is 11.9. The highest BCUT2D eigenvalue weighted by atomic mass is 16.4. The summed E-state index contributed by atoms with van der Waals surface area (Å²) in [7, 11) is 0. The minimum atomic E-state index is -0.929. The van der Waals surface area contributed by atoms with Crippen molar-refractivity contribution >= 4 is 17.6 Å². The van der Waals surface area contributed by atoms with Crippen molar-refractivity contribution in [2.24, 2.45) is 5.92 Å². The van der Waals surface area contributed by atoms with Gasteiger partial charge in [0.25, 0.3) is 5.91 Å². The SMILES string of the molecule is CC(C)C(CC(=O)O)NC(=O)c1cccc(N)c1. The van der Waals surface area contributed by atoms with E-state index in [0.717, 1.165) is 0 Å². The zero-order valence-corrected chi connectivity index (χ0v) is 10.5. The summed E-state index contributed by atoms with van der Waals surface area (Å²) in [5.41, 5.74) is 6.53. The molecular formula is C13H18N2O3. The van der Waals surface area contributed by atoms with Gasteiger partial charge in [0, 0.05) is 17.3 Å². The number of benzene rings is 1. The third-order valence-corrected chi connectivity index (χ3v) is 2.66. The number of amides is 1. The number of nitrogens with two attached hydrogens (primary N) is 1. The van der Waals surface area contributed by atoms with Crippen LogP contribution in [0.25, 0.3) is 0 Å². The van der Waals surface area contributed by atoms with Crippen molar-refractivity contribution in [3.63, 3.8) is 0 Å². The highest BCUT2D eigenvalue weighted by molar-refractivity contribution is 5.95. The molecule has 0 saturated heterocycles. The Labute approximate surface area is 106 Å². The fraction of sp³-hybridized carbons (Fsp3) is 0.385. The van der Waals surface area contributed by atoms with Crippen LogP contribution >= 0.6 is 0 Å². The molecule has 0 radical (unpaired) electrons. The molecule has 0 heterocycles. The van der Waals surface area contributed by atoms with Gasteiger partial charge in [0.15, 0.2) is 0 Å². The summed E-state index contributed by atoms with van der Waals surface area (Å²) in [6.07, 6.45) is -0.0915. The van der Waals surface area contributed by atoms with Gasteiger partial charge < -0.3 is 16.2 Å². The number of carboxylic acids is 1. The summed E-state index contributed by atoms with van der Waals surface area (Å²) in [5.74, 6) is -1.19. The van der Waals surface area contributed by atoms with E-state index in [9.17, 15) is 9.59 Å². The Bertz CT molecular complexity index is 444. The van der Waals surface area contributed by atoms with Crippen LogP contribution < -0.4 is 11.1 Å². The number of hydrogen-bond acceptors (Lipinski definition) is 3. The van der Waals surface area contributed by atoms with Gasteiger partial charge in [0.2, 0.25) is 0 Å². The number of carbonyl (C=O) groups excluding carboxylic acids is 1. The van der Waals surface area contributed by atoms with E-state index in [0.29, 0.717) is 11.3 Å². The van der Waals surface area contributed by atoms with Crippen LogP contribution in [0.5, 0.6) is 0 Å². The van der Waals surface area contributed by atoms with E-state index in [1.165, 1.54) is 0 Å². The second-order valence-electron chi connectivity index (χ2n) is 4.55. The van der Waals surface area contributed by atoms with E-state index < -0.39 is 12.0 Å². The molecule has 0 spiro atoms. The van der Waals surface area contributed by atoms with Crippen molar-refractivity contribution in [3.8, 4) is 0 Å². The van der Waals surface area contributed by atoms with E-state index in [1.54, 1.807) is 24.3 Å². The lowest BCUT2D eigenvalue weighted by Gasteiger charge is -2.20. The number of carbonyl (C=O) groups is 2. The molecule has 98 valence electrons. The first-order valence-electron chi connectivity index (χ1n) is 5.78. The third-order valence-electron chi connectivity index (χ3n) is 2.66. The van der Waals surface area contributed by atoms with Crippen molar-refractivity contribution in [2.75, 3.05) is 5.73 Å². The average Bonchev–Trinajstić information content (AvgIpc) is 2.27. The van der Waals surface area contributed by atoms with Crippen LogP contribution in [0.3, 0.4) is 0 Å². The molecule has 0 aliphatic rings. The van der Waals surface area contributed by atoms with Gasteiger partial charge in [-0.15, -0.1) is 0 Å². The van der Waals surface area contributed by atoms with Crippen LogP contribution in [0, 0.1) is 5.92 Å². The molecule has 5 nitrogen and oxygen atoms in total. The lowest BCUT2D eigenvalue weighted by Crippen LogP contribution is -2.40. The summed E-state index contributed by atoms with van der Waals surface area (Å²) in [6.45, 7) is 3.74. The number of nitrogens with one attached hydrogen (secondary N) is 1.